The third kappa shape index (κ3) is 1.66. The molecule has 1 saturated heterocycles. The van der Waals surface area contributed by atoms with E-state index in [1.54, 1.807) is 17.8 Å². The zero-order valence-corrected chi connectivity index (χ0v) is 9.17. The van der Waals surface area contributed by atoms with Gasteiger partial charge in [0.05, 0.1) is 11.6 Å². The molecule has 1 amide bonds. The van der Waals surface area contributed by atoms with Gasteiger partial charge in [-0.15, -0.1) is 0 Å². The first-order valence-corrected chi connectivity index (χ1v) is 5.03. The highest BCUT2D eigenvalue weighted by molar-refractivity contribution is 5.98. The summed E-state index contributed by atoms with van der Waals surface area (Å²) < 4.78 is 1.59. The molecular formula is C10H13N3O3. The van der Waals surface area contributed by atoms with Gasteiger partial charge in [0.15, 0.2) is 0 Å². The van der Waals surface area contributed by atoms with E-state index in [1.165, 1.54) is 4.90 Å². The van der Waals surface area contributed by atoms with Crippen LogP contribution in [0.15, 0.2) is 6.07 Å². The van der Waals surface area contributed by atoms with Crippen LogP contribution in [-0.4, -0.2) is 33.3 Å². The van der Waals surface area contributed by atoms with Crippen molar-refractivity contribution in [3.8, 4) is 0 Å². The molecule has 2 rings (SSSR count). The van der Waals surface area contributed by atoms with E-state index in [1.807, 2.05) is 6.92 Å². The summed E-state index contributed by atoms with van der Waals surface area (Å²) in [5.74, 6) is -1.03. The molecule has 6 nitrogen and oxygen atoms in total. The number of carbonyl (C=O) groups excluding carboxylic acids is 1. The number of rotatable bonds is 2. The number of hydrogen-bond acceptors (Lipinski definition) is 3. The van der Waals surface area contributed by atoms with Crippen molar-refractivity contribution in [3.05, 3.63) is 11.8 Å². The van der Waals surface area contributed by atoms with Crippen LogP contribution < -0.4 is 4.90 Å². The highest BCUT2D eigenvalue weighted by Crippen LogP contribution is 2.25. The Morgan fingerprint density at radius 2 is 2.31 bits per heavy atom. The predicted molar refractivity (Wildman–Crippen MR) is 56.0 cm³/mol. The Kier molecular flexibility index (Phi) is 2.41. The minimum absolute atomic E-state index is 0.0690. The Balaban J connectivity index is 2.26. The second-order valence-corrected chi connectivity index (χ2v) is 4.01. The number of hydrogen-bond donors (Lipinski definition) is 1. The molecule has 1 atom stereocenters. The van der Waals surface area contributed by atoms with Crippen molar-refractivity contribution in [1.82, 2.24) is 9.78 Å². The van der Waals surface area contributed by atoms with Crippen molar-refractivity contribution in [2.45, 2.75) is 13.3 Å². The zero-order valence-electron chi connectivity index (χ0n) is 9.17. The second kappa shape index (κ2) is 3.62. The molecule has 1 unspecified atom stereocenters. The molecule has 0 saturated carbocycles. The number of carboxylic acid groups (broad SMARTS) is 1. The van der Waals surface area contributed by atoms with Crippen molar-refractivity contribution in [1.29, 1.82) is 0 Å². The lowest BCUT2D eigenvalue weighted by molar-refractivity contribution is -0.141. The summed E-state index contributed by atoms with van der Waals surface area (Å²) in [5, 5.41) is 13.0. The third-order valence-corrected chi connectivity index (χ3v) is 2.73. The fourth-order valence-corrected chi connectivity index (χ4v) is 1.94. The van der Waals surface area contributed by atoms with Crippen molar-refractivity contribution in [3.63, 3.8) is 0 Å². The number of amides is 1. The van der Waals surface area contributed by atoms with Crippen LogP contribution in [0.1, 0.15) is 12.1 Å². The van der Waals surface area contributed by atoms with E-state index in [4.69, 9.17) is 5.11 Å². The number of aromatic nitrogens is 2. The predicted octanol–water partition coefficient (Wildman–Crippen LogP) is 0.166. The SMILES string of the molecule is Cc1cc(N2CC(C(=O)O)CC2=O)n(C)n1. The Hall–Kier alpha value is -1.85. The summed E-state index contributed by atoms with van der Waals surface area (Å²) in [6.07, 6.45) is 0.0690. The van der Waals surface area contributed by atoms with Gasteiger partial charge >= 0.3 is 5.97 Å². The molecule has 1 aliphatic heterocycles. The van der Waals surface area contributed by atoms with Gasteiger partial charge < -0.3 is 5.11 Å². The molecule has 0 radical (unpaired) electrons. The first-order valence-electron chi connectivity index (χ1n) is 5.03. The number of aliphatic carboxylic acids is 1. The van der Waals surface area contributed by atoms with Crippen molar-refractivity contribution in [2.24, 2.45) is 13.0 Å². The van der Waals surface area contributed by atoms with E-state index >= 15 is 0 Å². The average Bonchev–Trinajstić information content (AvgIpc) is 2.69. The van der Waals surface area contributed by atoms with E-state index in [0.717, 1.165) is 5.69 Å². The van der Waals surface area contributed by atoms with Gasteiger partial charge in [-0.1, -0.05) is 0 Å². The Morgan fingerprint density at radius 1 is 1.62 bits per heavy atom. The molecule has 1 aromatic rings. The highest BCUT2D eigenvalue weighted by atomic mass is 16.4. The molecule has 1 aliphatic rings. The maximum Gasteiger partial charge on any atom is 0.308 e. The molecule has 6 heteroatoms. The van der Waals surface area contributed by atoms with Gasteiger partial charge in [-0.2, -0.15) is 5.10 Å². The molecule has 1 fully saturated rings. The van der Waals surface area contributed by atoms with Crippen LogP contribution in [0.25, 0.3) is 0 Å². The summed E-state index contributed by atoms with van der Waals surface area (Å²) in [4.78, 5) is 24.0. The number of carboxylic acids is 1. The Labute approximate surface area is 92.5 Å². The normalized spacial score (nSPS) is 20.5. The summed E-state index contributed by atoms with van der Waals surface area (Å²) in [5.41, 5.74) is 0.809. The molecule has 0 spiro atoms. The average molecular weight is 223 g/mol. The van der Waals surface area contributed by atoms with Crippen LogP contribution in [-0.2, 0) is 16.6 Å². The summed E-state index contributed by atoms with van der Waals surface area (Å²) in [6.45, 7) is 2.06. The fourth-order valence-electron chi connectivity index (χ4n) is 1.94. The summed E-state index contributed by atoms with van der Waals surface area (Å²) in [7, 11) is 1.74. The largest absolute Gasteiger partial charge is 0.481 e. The summed E-state index contributed by atoms with van der Waals surface area (Å²) >= 11 is 0. The molecule has 0 aliphatic carbocycles. The van der Waals surface area contributed by atoms with Gasteiger partial charge in [-0.05, 0) is 6.92 Å². The van der Waals surface area contributed by atoms with Crippen LogP contribution in [0, 0.1) is 12.8 Å². The molecule has 0 bridgehead atoms. The van der Waals surface area contributed by atoms with Crippen LogP contribution in [0.2, 0.25) is 0 Å². The molecule has 86 valence electrons. The zero-order chi connectivity index (χ0) is 11.9. The van der Waals surface area contributed by atoms with Crippen LogP contribution in [0.3, 0.4) is 0 Å². The van der Waals surface area contributed by atoms with Crippen molar-refractivity contribution < 1.29 is 14.7 Å². The minimum Gasteiger partial charge on any atom is -0.481 e. The molecule has 1 N–H and O–H groups in total. The maximum atomic E-state index is 11.7. The first kappa shape index (κ1) is 10.7. The lowest BCUT2D eigenvalue weighted by atomic mass is 10.1. The van der Waals surface area contributed by atoms with Gasteiger partial charge in [-0.25, -0.2) is 0 Å². The third-order valence-electron chi connectivity index (χ3n) is 2.73. The first-order chi connectivity index (χ1) is 7.49. The van der Waals surface area contributed by atoms with Crippen LogP contribution in [0.4, 0.5) is 5.82 Å². The van der Waals surface area contributed by atoms with E-state index in [9.17, 15) is 9.59 Å². The molecule has 0 aromatic carbocycles. The van der Waals surface area contributed by atoms with Crippen molar-refractivity contribution >= 4 is 17.7 Å². The molecule has 16 heavy (non-hydrogen) atoms. The Morgan fingerprint density at radius 3 is 2.75 bits per heavy atom. The smallest absolute Gasteiger partial charge is 0.308 e. The van der Waals surface area contributed by atoms with E-state index in [2.05, 4.69) is 5.10 Å². The topological polar surface area (TPSA) is 75.4 Å². The van der Waals surface area contributed by atoms with Crippen molar-refractivity contribution in [2.75, 3.05) is 11.4 Å². The molecular weight excluding hydrogens is 210 g/mol. The highest BCUT2D eigenvalue weighted by Gasteiger charge is 2.36. The van der Waals surface area contributed by atoms with E-state index in [-0.39, 0.29) is 18.9 Å². The fraction of sp³-hybridized carbons (Fsp3) is 0.500. The minimum atomic E-state index is -0.922. The second-order valence-electron chi connectivity index (χ2n) is 4.01. The van der Waals surface area contributed by atoms with Gasteiger partial charge in [0.2, 0.25) is 5.91 Å². The monoisotopic (exact) mass is 223 g/mol. The van der Waals surface area contributed by atoms with Gasteiger partial charge in [0.25, 0.3) is 0 Å². The number of nitrogens with zero attached hydrogens (tertiary/aromatic N) is 3. The molecule has 2 heterocycles. The lowest BCUT2D eigenvalue weighted by Crippen LogP contribution is -2.27. The number of aryl methyl sites for hydroxylation is 2. The maximum absolute atomic E-state index is 11.7. The summed E-state index contributed by atoms with van der Waals surface area (Å²) in [6, 6.07) is 1.78. The van der Waals surface area contributed by atoms with E-state index < -0.39 is 11.9 Å². The molecule has 1 aromatic heterocycles. The number of anilines is 1. The van der Waals surface area contributed by atoms with E-state index in [0.29, 0.717) is 5.82 Å². The standard InChI is InChI=1S/C10H13N3O3/c1-6-3-8(12(2)11-6)13-5-7(10(15)16)4-9(13)14/h3,7H,4-5H2,1-2H3,(H,15,16). The number of carbonyl (C=O) groups is 2. The Bertz CT molecular complexity index is 452. The quantitative estimate of drug-likeness (QED) is 0.775. The van der Waals surface area contributed by atoms with Gasteiger partial charge in [0, 0.05) is 26.1 Å². The van der Waals surface area contributed by atoms with Crippen LogP contribution >= 0.6 is 0 Å². The van der Waals surface area contributed by atoms with Gasteiger partial charge in [0.1, 0.15) is 5.82 Å². The van der Waals surface area contributed by atoms with Gasteiger partial charge in [-0.3, -0.25) is 19.2 Å². The van der Waals surface area contributed by atoms with Crippen LogP contribution in [0.5, 0.6) is 0 Å². The lowest BCUT2D eigenvalue weighted by Gasteiger charge is -2.15.